The van der Waals surface area contributed by atoms with Gasteiger partial charge in [-0.1, -0.05) is 38.5 Å². The predicted molar refractivity (Wildman–Crippen MR) is 75.3 cm³/mol. The van der Waals surface area contributed by atoms with Crippen molar-refractivity contribution >= 4 is 5.91 Å². The number of nitrogens with two attached hydrogens (primary N) is 1. The summed E-state index contributed by atoms with van der Waals surface area (Å²) in [4.78, 5) is 11.3. The molecule has 0 fully saturated rings. The lowest BCUT2D eigenvalue weighted by atomic mass is 10.00. The molecular weight excluding hydrogens is 224 g/mol. The van der Waals surface area contributed by atoms with Gasteiger partial charge in [-0.25, -0.2) is 0 Å². The number of amides is 1. The molecule has 0 aliphatic heterocycles. The Bertz CT molecular complexity index is 390. The van der Waals surface area contributed by atoms with Crippen LogP contribution in [0.15, 0.2) is 24.3 Å². The third-order valence-electron chi connectivity index (χ3n) is 3.38. The summed E-state index contributed by atoms with van der Waals surface area (Å²) in [7, 11) is 0. The summed E-state index contributed by atoms with van der Waals surface area (Å²) in [6.07, 6.45) is 2.35. The highest BCUT2D eigenvalue weighted by Gasteiger charge is 2.10. The number of primary amides is 1. The lowest BCUT2D eigenvalue weighted by Crippen LogP contribution is -2.28. The molecule has 18 heavy (non-hydrogen) atoms. The van der Waals surface area contributed by atoms with E-state index in [1.165, 1.54) is 6.42 Å². The first kappa shape index (κ1) is 14.7. The maximum Gasteiger partial charge on any atom is 0.249 e. The third kappa shape index (κ3) is 4.49. The summed E-state index contributed by atoms with van der Waals surface area (Å²) in [5, 5.41) is 3.45. The Morgan fingerprint density at radius 1 is 1.33 bits per heavy atom. The fraction of sp³-hybridized carbons (Fsp3) is 0.533. The molecule has 0 aliphatic rings. The molecule has 3 heteroatoms. The van der Waals surface area contributed by atoms with E-state index in [1.54, 1.807) is 6.07 Å². The van der Waals surface area contributed by atoms with Crippen molar-refractivity contribution in [1.82, 2.24) is 5.32 Å². The highest BCUT2D eigenvalue weighted by Crippen LogP contribution is 2.12. The molecule has 3 nitrogen and oxygen atoms in total. The summed E-state index contributed by atoms with van der Waals surface area (Å²) in [6, 6.07) is 7.94. The number of carbonyl (C=O) groups excluding carboxylic acids is 1. The first-order valence-electron chi connectivity index (χ1n) is 6.65. The van der Waals surface area contributed by atoms with Crippen molar-refractivity contribution in [2.75, 3.05) is 0 Å². The van der Waals surface area contributed by atoms with E-state index in [2.05, 4.69) is 26.1 Å². The van der Waals surface area contributed by atoms with Crippen LogP contribution in [0.3, 0.4) is 0 Å². The Hall–Kier alpha value is -1.35. The van der Waals surface area contributed by atoms with Gasteiger partial charge in [0.2, 0.25) is 5.91 Å². The number of carbonyl (C=O) groups is 1. The van der Waals surface area contributed by atoms with Gasteiger partial charge >= 0.3 is 0 Å². The van der Waals surface area contributed by atoms with Crippen molar-refractivity contribution in [3.8, 4) is 0 Å². The van der Waals surface area contributed by atoms with E-state index in [0.29, 0.717) is 18.2 Å². The van der Waals surface area contributed by atoms with E-state index in [9.17, 15) is 4.79 Å². The Morgan fingerprint density at radius 2 is 2.00 bits per heavy atom. The Labute approximate surface area is 110 Å². The van der Waals surface area contributed by atoms with Gasteiger partial charge in [-0.2, -0.15) is 0 Å². The van der Waals surface area contributed by atoms with Crippen LogP contribution in [0.1, 0.15) is 49.5 Å². The molecule has 2 atom stereocenters. The van der Waals surface area contributed by atoms with Gasteiger partial charge in [-0.05, 0) is 30.9 Å². The van der Waals surface area contributed by atoms with Crippen LogP contribution >= 0.6 is 0 Å². The van der Waals surface area contributed by atoms with Crippen molar-refractivity contribution in [1.29, 1.82) is 0 Å². The second-order valence-electron chi connectivity index (χ2n) is 5.05. The first-order valence-corrected chi connectivity index (χ1v) is 6.65. The zero-order chi connectivity index (χ0) is 13.5. The van der Waals surface area contributed by atoms with Gasteiger partial charge in [0.15, 0.2) is 0 Å². The summed E-state index contributed by atoms with van der Waals surface area (Å²) in [5.74, 6) is 0.362. The van der Waals surface area contributed by atoms with Crippen molar-refractivity contribution < 1.29 is 4.79 Å². The molecule has 1 rings (SSSR count). The molecule has 3 N–H and O–H groups in total. The maximum atomic E-state index is 11.3. The smallest absolute Gasteiger partial charge is 0.249 e. The van der Waals surface area contributed by atoms with Crippen LogP contribution < -0.4 is 11.1 Å². The van der Waals surface area contributed by atoms with Crippen LogP contribution in [0.4, 0.5) is 0 Å². The SMILES string of the molecule is CCC(C)CC(C)NCc1ccccc1C(N)=O. The molecule has 0 spiro atoms. The normalized spacial score (nSPS) is 14.2. The van der Waals surface area contributed by atoms with Crippen molar-refractivity contribution in [3.63, 3.8) is 0 Å². The molecule has 0 bridgehead atoms. The molecule has 0 saturated carbocycles. The maximum absolute atomic E-state index is 11.3. The topological polar surface area (TPSA) is 55.1 Å². The molecule has 100 valence electrons. The van der Waals surface area contributed by atoms with Crippen molar-refractivity contribution in [2.24, 2.45) is 11.7 Å². The molecule has 1 aromatic carbocycles. The Morgan fingerprint density at radius 3 is 2.61 bits per heavy atom. The minimum absolute atomic E-state index is 0.359. The standard InChI is InChI=1S/C15H24N2O/c1-4-11(2)9-12(3)17-10-13-7-5-6-8-14(13)15(16)18/h5-8,11-12,17H,4,9-10H2,1-3H3,(H2,16,18). The average Bonchev–Trinajstić information content (AvgIpc) is 2.36. The lowest BCUT2D eigenvalue weighted by Gasteiger charge is -2.18. The molecule has 0 radical (unpaired) electrons. The molecule has 1 amide bonds. The average molecular weight is 248 g/mol. The van der Waals surface area contributed by atoms with Gasteiger partial charge in [0.25, 0.3) is 0 Å². The van der Waals surface area contributed by atoms with Crippen LogP contribution in [0, 0.1) is 5.92 Å². The van der Waals surface area contributed by atoms with Gasteiger partial charge < -0.3 is 11.1 Å². The number of hydrogen-bond donors (Lipinski definition) is 2. The van der Waals surface area contributed by atoms with Crippen LogP contribution in [0.5, 0.6) is 0 Å². The van der Waals surface area contributed by atoms with Crippen molar-refractivity contribution in [2.45, 2.75) is 46.2 Å². The van der Waals surface area contributed by atoms with E-state index in [-0.39, 0.29) is 5.91 Å². The summed E-state index contributed by atoms with van der Waals surface area (Å²) < 4.78 is 0. The van der Waals surface area contributed by atoms with Crippen LogP contribution in [0.25, 0.3) is 0 Å². The van der Waals surface area contributed by atoms with E-state index in [4.69, 9.17) is 5.73 Å². The van der Waals surface area contributed by atoms with E-state index < -0.39 is 0 Å². The molecule has 0 saturated heterocycles. The molecule has 1 aromatic rings. The van der Waals surface area contributed by atoms with Gasteiger partial charge in [-0.3, -0.25) is 4.79 Å². The van der Waals surface area contributed by atoms with Crippen LogP contribution in [0.2, 0.25) is 0 Å². The monoisotopic (exact) mass is 248 g/mol. The highest BCUT2D eigenvalue weighted by atomic mass is 16.1. The molecule has 2 unspecified atom stereocenters. The molecule has 0 aromatic heterocycles. The lowest BCUT2D eigenvalue weighted by molar-refractivity contribution is 0.0999. The second kappa shape index (κ2) is 7.17. The summed E-state index contributed by atoms with van der Waals surface area (Å²) >= 11 is 0. The minimum Gasteiger partial charge on any atom is -0.366 e. The van der Waals surface area contributed by atoms with Crippen LogP contribution in [-0.2, 0) is 6.54 Å². The largest absolute Gasteiger partial charge is 0.366 e. The number of benzene rings is 1. The van der Waals surface area contributed by atoms with Crippen molar-refractivity contribution in [3.05, 3.63) is 35.4 Å². The van der Waals surface area contributed by atoms with Gasteiger partial charge in [0.1, 0.15) is 0 Å². The Kier molecular flexibility index (Phi) is 5.86. The molecule has 0 aliphatic carbocycles. The first-order chi connectivity index (χ1) is 8.54. The van der Waals surface area contributed by atoms with Gasteiger partial charge in [-0.15, -0.1) is 0 Å². The zero-order valence-electron chi connectivity index (χ0n) is 11.6. The summed E-state index contributed by atoms with van der Waals surface area (Å²) in [6.45, 7) is 7.34. The van der Waals surface area contributed by atoms with E-state index in [1.807, 2.05) is 18.2 Å². The Balaban J connectivity index is 2.55. The quantitative estimate of drug-likeness (QED) is 0.779. The zero-order valence-corrected chi connectivity index (χ0v) is 11.6. The fourth-order valence-corrected chi connectivity index (χ4v) is 2.05. The predicted octanol–water partition coefficient (Wildman–Crippen LogP) is 2.70. The third-order valence-corrected chi connectivity index (χ3v) is 3.38. The summed E-state index contributed by atoms with van der Waals surface area (Å²) in [5.41, 5.74) is 6.94. The minimum atomic E-state index is -0.359. The number of nitrogens with one attached hydrogen (secondary N) is 1. The number of hydrogen-bond acceptors (Lipinski definition) is 2. The van der Waals surface area contributed by atoms with Gasteiger partial charge in [0.05, 0.1) is 0 Å². The molecular formula is C15H24N2O. The van der Waals surface area contributed by atoms with E-state index in [0.717, 1.165) is 17.9 Å². The molecule has 0 heterocycles. The fourth-order valence-electron chi connectivity index (χ4n) is 2.05. The van der Waals surface area contributed by atoms with Crippen LogP contribution in [-0.4, -0.2) is 11.9 Å². The van der Waals surface area contributed by atoms with E-state index >= 15 is 0 Å². The van der Waals surface area contributed by atoms with Gasteiger partial charge in [0, 0.05) is 18.2 Å². The number of rotatable bonds is 7. The highest BCUT2D eigenvalue weighted by molar-refractivity contribution is 5.94. The second-order valence-corrected chi connectivity index (χ2v) is 5.05.